The van der Waals surface area contributed by atoms with Crippen LogP contribution in [0.1, 0.15) is 35.6 Å². The van der Waals surface area contributed by atoms with Crippen molar-refractivity contribution in [3.05, 3.63) is 94.1 Å². The molecule has 4 rings (SSSR count). The summed E-state index contributed by atoms with van der Waals surface area (Å²) in [6.45, 7) is 2.17. The highest BCUT2D eigenvalue weighted by atomic mass is 32.1. The molecule has 1 nitrogen and oxygen atoms in total. The van der Waals surface area contributed by atoms with E-state index in [9.17, 15) is 8.78 Å². The number of hydrogen-bond donors (Lipinski definition) is 0. The normalized spacial score (nSPS) is 11.8. The van der Waals surface area contributed by atoms with E-state index in [0.717, 1.165) is 24.0 Å². The van der Waals surface area contributed by atoms with Crippen LogP contribution in [0.2, 0.25) is 0 Å². The molecule has 0 amide bonds. The average Bonchev–Trinajstić information content (AvgIpc) is 3.17. The van der Waals surface area contributed by atoms with Crippen molar-refractivity contribution in [1.29, 1.82) is 0 Å². The van der Waals surface area contributed by atoms with Crippen molar-refractivity contribution < 1.29 is 8.78 Å². The number of allylic oxidation sites excluding steroid dienone is 1. The van der Waals surface area contributed by atoms with Crippen LogP contribution in [0.15, 0.2) is 65.2 Å². The summed E-state index contributed by atoms with van der Waals surface area (Å²) in [5.41, 5.74) is 6.52. The van der Waals surface area contributed by atoms with Gasteiger partial charge in [0.15, 0.2) is 11.6 Å². The number of benzene rings is 3. The SMILES string of the molecule is CCC1=Cc2cc(C#Cc3ccc(-c4cc(F)c(N=C=S)c(F)c4)cc3)ccc2C1. The molecule has 0 radical (unpaired) electrons. The quantitative estimate of drug-likeness (QED) is 0.253. The van der Waals surface area contributed by atoms with Crippen molar-refractivity contribution >= 4 is 29.1 Å². The van der Waals surface area contributed by atoms with E-state index in [0.29, 0.717) is 11.1 Å². The highest BCUT2D eigenvalue weighted by Crippen LogP contribution is 2.29. The molecule has 146 valence electrons. The van der Waals surface area contributed by atoms with E-state index in [2.05, 4.69) is 54.2 Å². The molecule has 4 heteroatoms. The number of isothiocyanates is 1. The Hall–Kier alpha value is -3.38. The van der Waals surface area contributed by atoms with Gasteiger partial charge < -0.3 is 0 Å². The first-order chi connectivity index (χ1) is 14.6. The minimum absolute atomic E-state index is 0.421. The summed E-state index contributed by atoms with van der Waals surface area (Å²) in [6, 6.07) is 16.0. The Bertz CT molecular complexity index is 1250. The van der Waals surface area contributed by atoms with Gasteiger partial charge in [-0.25, -0.2) is 8.78 Å². The summed E-state index contributed by atoms with van der Waals surface area (Å²) < 4.78 is 28.1. The predicted molar refractivity (Wildman–Crippen MR) is 121 cm³/mol. The van der Waals surface area contributed by atoms with Crippen molar-refractivity contribution in [2.75, 3.05) is 0 Å². The minimum atomic E-state index is -0.775. The van der Waals surface area contributed by atoms with Gasteiger partial charge in [0.2, 0.25) is 0 Å². The van der Waals surface area contributed by atoms with Gasteiger partial charge in [-0.3, -0.25) is 0 Å². The van der Waals surface area contributed by atoms with E-state index in [-0.39, 0.29) is 0 Å². The molecule has 30 heavy (non-hydrogen) atoms. The third kappa shape index (κ3) is 4.14. The topological polar surface area (TPSA) is 12.4 Å². The predicted octanol–water partition coefficient (Wildman–Crippen LogP) is 7.12. The van der Waals surface area contributed by atoms with Crippen LogP contribution in [0.4, 0.5) is 14.5 Å². The molecule has 0 spiro atoms. The molecule has 0 saturated carbocycles. The smallest absolute Gasteiger partial charge is 0.153 e. The number of nitrogens with zero attached hydrogens (tertiary/aromatic N) is 1. The lowest BCUT2D eigenvalue weighted by molar-refractivity contribution is 0.588. The van der Waals surface area contributed by atoms with Gasteiger partial charge >= 0.3 is 0 Å². The average molecular weight is 413 g/mol. The molecule has 0 fully saturated rings. The molecule has 1 aliphatic rings. The Morgan fingerprint density at radius 2 is 1.57 bits per heavy atom. The van der Waals surface area contributed by atoms with Crippen LogP contribution < -0.4 is 0 Å². The number of hydrogen-bond acceptors (Lipinski definition) is 2. The fourth-order valence-electron chi connectivity index (χ4n) is 3.49. The van der Waals surface area contributed by atoms with E-state index in [4.69, 9.17) is 0 Å². The molecule has 3 aromatic carbocycles. The maximum absolute atomic E-state index is 14.1. The monoisotopic (exact) mass is 413 g/mol. The van der Waals surface area contributed by atoms with Gasteiger partial charge in [-0.2, -0.15) is 4.99 Å². The van der Waals surface area contributed by atoms with Gasteiger partial charge in [0, 0.05) is 11.1 Å². The number of thiocarbonyl (C=S) groups is 1. The lowest BCUT2D eigenvalue weighted by Gasteiger charge is -2.05. The first kappa shape index (κ1) is 19.9. The molecule has 0 atom stereocenters. The molecule has 0 unspecified atom stereocenters. The van der Waals surface area contributed by atoms with Crippen LogP contribution in [0.3, 0.4) is 0 Å². The van der Waals surface area contributed by atoms with Crippen molar-refractivity contribution in [2.24, 2.45) is 4.99 Å². The third-order valence-corrected chi connectivity index (χ3v) is 5.21. The van der Waals surface area contributed by atoms with Gasteiger partial charge in [-0.05, 0) is 83.7 Å². The second-order valence-corrected chi connectivity index (χ2v) is 7.25. The maximum atomic E-state index is 14.1. The second kappa shape index (κ2) is 8.55. The van der Waals surface area contributed by atoms with Crippen LogP contribution in [0.5, 0.6) is 0 Å². The van der Waals surface area contributed by atoms with Gasteiger partial charge in [-0.1, -0.05) is 48.6 Å². The summed E-state index contributed by atoms with van der Waals surface area (Å²) in [4.78, 5) is 3.43. The Kier molecular flexibility index (Phi) is 5.68. The number of fused-ring (bicyclic) bond motifs is 1. The van der Waals surface area contributed by atoms with Crippen molar-refractivity contribution in [3.8, 4) is 23.0 Å². The summed E-state index contributed by atoms with van der Waals surface area (Å²) in [6.07, 6.45) is 4.34. The van der Waals surface area contributed by atoms with E-state index in [1.165, 1.54) is 28.8 Å². The first-order valence-electron chi connectivity index (χ1n) is 9.59. The van der Waals surface area contributed by atoms with Gasteiger partial charge in [0.25, 0.3) is 0 Å². The standard InChI is InChI=1S/C26H17F2NS/c1-2-17-11-21-10-7-19(13-22(21)12-17)4-3-18-5-8-20(9-6-18)23-14-24(27)26(29-16-30)25(28)15-23/h5-10,12-15H,2,11H2,1H3. The zero-order valence-electron chi connectivity index (χ0n) is 16.3. The molecule has 3 aromatic rings. The van der Waals surface area contributed by atoms with E-state index >= 15 is 0 Å². The molecule has 0 heterocycles. The molecular formula is C26H17F2NS. The lowest BCUT2D eigenvalue weighted by atomic mass is 10.0. The molecule has 0 saturated heterocycles. The fourth-order valence-corrected chi connectivity index (χ4v) is 3.58. The van der Waals surface area contributed by atoms with Gasteiger partial charge in [0.1, 0.15) is 5.69 Å². The molecule has 1 aliphatic carbocycles. The third-order valence-electron chi connectivity index (χ3n) is 5.12. The molecule has 0 N–H and O–H groups in total. The van der Waals surface area contributed by atoms with Crippen LogP contribution in [0.25, 0.3) is 17.2 Å². The highest BCUT2D eigenvalue weighted by Gasteiger charge is 2.12. The van der Waals surface area contributed by atoms with Crippen LogP contribution >= 0.6 is 12.2 Å². The number of aliphatic imine (C=N–C) groups is 1. The summed E-state index contributed by atoms with van der Waals surface area (Å²) in [5, 5.41) is 1.99. The zero-order chi connectivity index (χ0) is 21.1. The van der Waals surface area contributed by atoms with Gasteiger partial charge in [0.05, 0.1) is 5.16 Å². The Morgan fingerprint density at radius 1 is 0.900 bits per heavy atom. The van der Waals surface area contributed by atoms with Crippen molar-refractivity contribution in [3.63, 3.8) is 0 Å². The maximum Gasteiger partial charge on any atom is 0.153 e. The fraction of sp³-hybridized carbons (Fsp3) is 0.115. The molecular weight excluding hydrogens is 396 g/mol. The van der Waals surface area contributed by atoms with Crippen molar-refractivity contribution in [1.82, 2.24) is 0 Å². The van der Waals surface area contributed by atoms with E-state index in [1.807, 2.05) is 23.4 Å². The van der Waals surface area contributed by atoms with E-state index in [1.54, 1.807) is 12.1 Å². The highest BCUT2D eigenvalue weighted by molar-refractivity contribution is 7.78. The molecule has 0 aromatic heterocycles. The van der Waals surface area contributed by atoms with Crippen LogP contribution in [-0.4, -0.2) is 5.16 Å². The summed E-state index contributed by atoms with van der Waals surface area (Å²) in [7, 11) is 0. The molecule has 0 aliphatic heterocycles. The summed E-state index contributed by atoms with van der Waals surface area (Å²) >= 11 is 4.42. The minimum Gasteiger partial charge on any atom is -0.204 e. The van der Waals surface area contributed by atoms with Crippen LogP contribution in [-0.2, 0) is 6.42 Å². The number of halogens is 2. The lowest BCUT2D eigenvalue weighted by Crippen LogP contribution is -1.87. The zero-order valence-corrected chi connectivity index (χ0v) is 17.1. The Balaban J connectivity index is 1.56. The first-order valence-corrected chi connectivity index (χ1v) is 10.00. The number of rotatable bonds is 3. The van der Waals surface area contributed by atoms with Gasteiger partial charge in [-0.15, -0.1) is 0 Å². The van der Waals surface area contributed by atoms with E-state index < -0.39 is 17.3 Å². The second-order valence-electron chi connectivity index (χ2n) is 7.07. The Morgan fingerprint density at radius 3 is 2.23 bits per heavy atom. The Labute approximate surface area is 179 Å². The van der Waals surface area contributed by atoms with Crippen LogP contribution in [0, 0.1) is 23.5 Å². The molecule has 0 bridgehead atoms. The van der Waals surface area contributed by atoms with Crippen molar-refractivity contribution in [2.45, 2.75) is 19.8 Å². The summed E-state index contributed by atoms with van der Waals surface area (Å²) in [5.74, 6) is 4.80. The largest absolute Gasteiger partial charge is 0.204 e.